The maximum atomic E-state index is 11.3. The molecule has 0 aliphatic carbocycles. The van der Waals surface area contributed by atoms with Gasteiger partial charge in [0.2, 0.25) is 0 Å². The Morgan fingerprint density at radius 1 is 0.718 bits per heavy atom. The first-order valence-electron chi connectivity index (χ1n) is 13.1. The Bertz CT molecular complexity index is 1140. The van der Waals surface area contributed by atoms with Crippen LogP contribution >= 0.6 is 0 Å². The van der Waals surface area contributed by atoms with Crippen molar-refractivity contribution in [2.24, 2.45) is 0 Å². The van der Waals surface area contributed by atoms with Gasteiger partial charge in [-0.3, -0.25) is 4.79 Å². The summed E-state index contributed by atoms with van der Waals surface area (Å²) in [6.45, 7) is 2.58. The Kier molecular flexibility index (Phi) is 11.3. The lowest BCUT2D eigenvalue weighted by atomic mass is 9.97. The van der Waals surface area contributed by atoms with Crippen molar-refractivity contribution >= 4 is 5.97 Å². The van der Waals surface area contributed by atoms with Crippen molar-refractivity contribution in [2.75, 3.05) is 13.7 Å². The van der Waals surface area contributed by atoms with E-state index in [1.54, 1.807) is 13.2 Å². The van der Waals surface area contributed by atoms with E-state index in [4.69, 9.17) is 28.4 Å². The summed E-state index contributed by atoms with van der Waals surface area (Å²) in [5, 5.41) is 0. The molecule has 1 fully saturated rings. The smallest absolute Gasteiger partial charge is 0.302 e. The van der Waals surface area contributed by atoms with Crippen molar-refractivity contribution in [3.63, 3.8) is 0 Å². The van der Waals surface area contributed by atoms with E-state index in [1.165, 1.54) is 6.92 Å². The molecule has 39 heavy (non-hydrogen) atoms. The van der Waals surface area contributed by atoms with Gasteiger partial charge in [0.05, 0.1) is 19.8 Å². The topological polar surface area (TPSA) is 72.5 Å². The van der Waals surface area contributed by atoms with E-state index in [0.717, 1.165) is 16.7 Å². The Balaban J connectivity index is 1.60. The number of benzene rings is 3. The number of methoxy groups -OCH3 is 1. The lowest BCUT2D eigenvalue weighted by Gasteiger charge is -2.45. The Labute approximate surface area is 230 Å². The molecule has 0 aromatic heterocycles. The molecule has 0 N–H and O–H groups in total. The highest BCUT2D eigenvalue weighted by molar-refractivity contribution is 5.66. The number of esters is 1. The standard InChI is InChI=1S/C32H36O7/c1-24(33)35-20-12-19-28-29(36-21-25-13-6-3-7-14-25)30(37-22-26-15-8-4-9-16-26)31(32(34-2)39-28)38-23-27-17-10-5-11-18-27/h3-19,28-32H,20-23H2,1-2H3/b19-12+/t28-,29-,30+,31-,32+/m1/s1. The SMILES string of the molecule is CO[C@H]1O[C@H](/C=C/COC(C)=O)[C@@H](OCc2ccccc2)[C@H](OCc2ccccc2)[C@H]1OCc1ccccc1. The number of rotatable bonds is 13. The quantitative estimate of drug-likeness (QED) is 0.220. The lowest BCUT2D eigenvalue weighted by molar-refractivity contribution is -0.309. The number of carbonyl (C=O) groups excluding carboxylic acids is 1. The average Bonchev–Trinajstić information content (AvgIpc) is 2.98. The summed E-state index contributed by atoms with van der Waals surface area (Å²) in [7, 11) is 1.59. The Hall–Kier alpha value is -3.33. The van der Waals surface area contributed by atoms with Crippen LogP contribution in [0.25, 0.3) is 0 Å². The van der Waals surface area contributed by atoms with E-state index in [-0.39, 0.29) is 12.6 Å². The van der Waals surface area contributed by atoms with Crippen LogP contribution in [0, 0.1) is 0 Å². The first kappa shape index (κ1) is 28.7. The molecule has 0 amide bonds. The first-order chi connectivity index (χ1) is 19.1. The highest BCUT2D eigenvalue weighted by Gasteiger charge is 2.47. The van der Waals surface area contributed by atoms with Crippen LogP contribution in [0.2, 0.25) is 0 Å². The monoisotopic (exact) mass is 532 g/mol. The predicted octanol–water partition coefficient (Wildman–Crippen LogP) is 5.23. The van der Waals surface area contributed by atoms with Crippen LogP contribution in [0.3, 0.4) is 0 Å². The second-order valence-electron chi connectivity index (χ2n) is 9.22. The second-order valence-corrected chi connectivity index (χ2v) is 9.22. The van der Waals surface area contributed by atoms with Gasteiger partial charge in [0.1, 0.15) is 31.0 Å². The van der Waals surface area contributed by atoms with Crippen molar-refractivity contribution in [1.29, 1.82) is 0 Å². The molecule has 206 valence electrons. The largest absolute Gasteiger partial charge is 0.462 e. The van der Waals surface area contributed by atoms with Gasteiger partial charge in [-0.25, -0.2) is 0 Å². The Morgan fingerprint density at radius 3 is 1.64 bits per heavy atom. The fourth-order valence-electron chi connectivity index (χ4n) is 4.39. The molecule has 0 saturated carbocycles. The van der Waals surface area contributed by atoms with Crippen LogP contribution in [0.4, 0.5) is 0 Å². The van der Waals surface area contributed by atoms with Crippen molar-refractivity contribution < 1.29 is 33.2 Å². The third-order valence-electron chi connectivity index (χ3n) is 6.33. The predicted molar refractivity (Wildman–Crippen MR) is 146 cm³/mol. The summed E-state index contributed by atoms with van der Waals surface area (Å²) < 4.78 is 36.6. The summed E-state index contributed by atoms with van der Waals surface area (Å²) in [4.78, 5) is 11.3. The summed E-state index contributed by atoms with van der Waals surface area (Å²) in [5.74, 6) is -0.352. The molecule has 4 rings (SSSR count). The van der Waals surface area contributed by atoms with Crippen molar-refractivity contribution in [3.8, 4) is 0 Å². The number of carbonyl (C=O) groups is 1. The van der Waals surface area contributed by atoms with Crippen LogP contribution < -0.4 is 0 Å². The molecule has 5 atom stereocenters. The van der Waals surface area contributed by atoms with E-state index in [1.807, 2.05) is 97.1 Å². The maximum Gasteiger partial charge on any atom is 0.302 e. The molecular weight excluding hydrogens is 496 g/mol. The minimum Gasteiger partial charge on any atom is -0.462 e. The highest BCUT2D eigenvalue weighted by Crippen LogP contribution is 2.31. The zero-order valence-electron chi connectivity index (χ0n) is 22.4. The normalized spacial score (nSPS) is 23.1. The fraction of sp³-hybridized carbons (Fsp3) is 0.344. The van der Waals surface area contributed by atoms with Gasteiger partial charge in [-0.05, 0) is 22.8 Å². The van der Waals surface area contributed by atoms with Crippen molar-refractivity contribution in [1.82, 2.24) is 0 Å². The summed E-state index contributed by atoms with van der Waals surface area (Å²) in [6.07, 6.45) is 0.696. The molecule has 0 radical (unpaired) electrons. The van der Waals surface area contributed by atoms with Gasteiger partial charge in [-0.2, -0.15) is 0 Å². The second kappa shape index (κ2) is 15.3. The van der Waals surface area contributed by atoms with E-state index in [0.29, 0.717) is 19.8 Å². The lowest BCUT2D eigenvalue weighted by Crippen LogP contribution is -2.60. The van der Waals surface area contributed by atoms with Crippen LogP contribution in [0.15, 0.2) is 103 Å². The summed E-state index contributed by atoms with van der Waals surface area (Å²) >= 11 is 0. The van der Waals surface area contributed by atoms with Crippen LogP contribution in [-0.4, -0.2) is 50.4 Å². The van der Waals surface area contributed by atoms with E-state index in [2.05, 4.69) is 0 Å². The van der Waals surface area contributed by atoms with Crippen molar-refractivity contribution in [2.45, 2.75) is 57.5 Å². The van der Waals surface area contributed by atoms with E-state index in [9.17, 15) is 4.79 Å². The molecule has 1 aliphatic heterocycles. The van der Waals surface area contributed by atoms with Gasteiger partial charge in [0.25, 0.3) is 0 Å². The summed E-state index contributed by atoms with van der Waals surface area (Å²) in [6, 6.07) is 29.8. The number of hydrogen-bond donors (Lipinski definition) is 0. The van der Waals surface area contributed by atoms with Gasteiger partial charge < -0.3 is 28.4 Å². The van der Waals surface area contributed by atoms with E-state index >= 15 is 0 Å². The number of hydrogen-bond acceptors (Lipinski definition) is 7. The minimum atomic E-state index is -0.713. The molecule has 3 aromatic rings. The van der Waals surface area contributed by atoms with Crippen LogP contribution in [0.1, 0.15) is 23.6 Å². The van der Waals surface area contributed by atoms with Crippen LogP contribution in [-0.2, 0) is 53.0 Å². The van der Waals surface area contributed by atoms with Gasteiger partial charge in [-0.15, -0.1) is 0 Å². The molecule has 0 spiro atoms. The molecule has 3 aromatic carbocycles. The molecule has 0 unspecified atom stereocenters. The molecule has 0 bridgehead atoms. The zero-order chi connectivity index (χ0) is 27.3. The maximum absolute atomic E-state index is 11.3. The molecule has 1 heterocycles. The fourth-order valence-corrected chi connectivity index (χ4v) is 4.39. The third kappa shape index (κ3) is 8.85. The van der Waals surface area contributed by atoms with Gasteiger partial charge in [-0.1, -0.05) is 97.1 Å². The van der Waals surface area contributed by atoms with Gasteiger partial charge in [0, 0.05) is 14.0 Å². The highest BCUT2D eigenvalue weighted by atomic mass is 16.7. The Morgan fingerprint density at radius 2 is 1.18 bits per heavy atom. The first-order valence-corrected chi connectivity index (χ1v) is 13.1. The van der Waals surface area contributed by atoms with Gasteiger partial charge >= 0.3 is 5.97 Å². The molecule has 1 aliphatic rings. The van der Waals surface area contributed by atoms with Crippen molar-refractivity contribution in [3.05, 3.63) is 120 Å². The molecular formula is C32H36O7. The summed E-state index contributed by atoms with van der Waals surface area (Å²) in [5.41, 5.74) is 3.08. The minimum absolute atomic E-state index is 0.127. The van der Waals surface area contributed by atoms with Gasteiger partial charge in [0.15, 0.2) is 6.29 Å². The molecule has 7 heteroatoms. The third-order valence-corrected chi connectivity index (χ3v) is 6.33. The zero-order valence-corrected chi connectivity index (χ0v) is 22.4. The average molecular weight is 533 g/mol. The molecule has 1 saturated heterocycles. The molecule has 7 nitrogen and oxygen atoms in total. The van der Waals surface area contributed by atoms with Crippen LogP contribution in [0.5, 0.6) is 0 Å². The van der Waals surface area contributed by atoms with E-state index < -0.39 is 30.7 Å². The number of ether oxygens (including phenoxy) is 6.